The van der Waals surface area contributed by atoms with Crippen LogP contribution in [0, 0.1) is 28.6 Å². The number of rotatable bonds is 3. The number of carbonyl (C=O) groups excluding carboxylic acids is 2. The molecule has 0 aliphatic carbocycles. The first kappa shape index (κ1) is 21.8. The van der Waals surface area contributed by atoms with Crippen LogP contribution in [0.3, 0.4) is 0 Å². The molecule has 0 fully saturated rings. The lowest BCUT2D eigenvalue weighted by molar-refractivity contribution is 0.0943. The van der Waals surface area contributed by atoms with Crippen LogP contribution in [-0.2, 0) is 0 Å². The van der Waals surface area contributed by atoms with E-state index in [4.69, 9.17) is 0 Å². The molecule has 4 rings (SSSR count). The lowest BCUT2D eigenvalue weighted by atomic mass is 9.95. The molecule has 1 aliphatic heterocycles. The largest absolute Gasteiger partial charge is 0.304 e. The van der Waals surface area contributed by atoms with Crippen molar-refractivity contribution in [1.82, 2.24) is 0 Å². The highest BCUT2D eigenvalue weighted by molar-refractivity contribution is 6.14. The van der Waals surface area contributed by atoms with Crippen LogP contribution < -0.4 is 9.80 Å². The highest BCUT2D eigenvalue weighted by Crippen LogP contribution is 2.39. The maximum atomic E-state index is 13.7. The molecular formula is C27H22N4O2. The average molecular weight is 434 g/mol. The Bertz CT molecular complexity index is 1320. The molecule has 0 unspecified atom stereocenters. The Hall–Kier alpha value is -4.42. The fourth-order valence-corrected chi connectivity index (χ4v) is 4.14. The summed E-state index contributed by atoms with van der Waals surface area (Å²) in [6.07, 6.45) is 0. The van der Waals surface area contributed by atoms with Gasteiger partial charge < -0.3 is 9.80 Å². The second-order valence-electron chi connectivity index (χ2n) is 8.28. The zero-order valence-electron chi connectivity index (χ0n) is 18.4. The molecule has 33 heavy (non-hydrogen) atoms. The Balaban J connectivity index is 1.80. The van der Waals surface area contributed by atoms with Gasteiger partial charge in [-0.1, -0.05) is 38.1 Å². The molecule has 3 aromatic rings. The second kappa shape index (κ2) is 8.98. The number of benzene rings is 3. The van der Waals surface area contributed by atoms with Crippen LogP contribution in [0.1, 0.15) is 45.7 Å². The van der Waals surface area contributed by atoms with Crippen LogP contribution in [0.4, 0.5) is 11.4 Å². The number of fused-ring (bicyclic) bond motifs is 1. The van der Waals surface area contributed by atoms with E-state index in [0.717, 1.165) is 0 Å². The van der Waals surface area contributed by atoms with Crippen molar-refractivity contribution in [2.45, 2.75) is 19.9 Å². The fraction of sp³-hybridized carbons (Fsp3) is 0.185. The van der Waals surface area contributed by atoms with E-state index in [1.54, 1.807) is 58.3 Å². The number of hydrogen-bond donors (Lipinski definition) is 0. The van der Waals surface area contributed by atoms with Crippen LogP contribution in [-0.4, -0.2) is 24.4 Å². The Labute approximate surface area is 192 Å². The van der Waals surface area contributed by atoms with E-state index in [0.29, 0.717) is 40.2 Å². The van der Waals surface area contributed by atoms with Gasteiger partial charge in [0.1, 0.15) is 0 Å². The third-order valence-corrected chi connectivity index (χ3v) is 5.84. The summed E-state index contributed by atoms with van der Waals surface area (Å²) in [5.74, 6) is -0.372. The molecule has 1 atom stereocenters. The SMILES string of the molecule is CC(C)[C@@H]1CN(C(=O)c2cccc(C#N)c2)c2ccccc2N1C(=O)c1cccc(C#N)c1. The number of nitrogens with zero attached hydrogens (tertiary/aromatic N) is 4. The molecule has 0 saturated heterocycles. The normalized spacial score (nSPS) is 14.9. The predicted molar refractivity (Wildman–Crippen MR) is 126 cm³/mol. The molecule has 0 saturated carbocycles. The van der Waals surface area contributed by atoms with Gasteiger partial charge in [-0.05, 0) is 54.4 Å². The molecule has 0 bridgehead atoms. The van der Waals surface area contributed by atoms with Gasteiger partial charge in [-0.3, -0.25) is 9.59 Å². The van der Waals surface area contributed by atoms with Crippen LogP contribution >= 0.6 is 0 Å². The van der Waals surface area contributed by atoms with Crippen LogP contribution in [0.25, 0.3) is 0 Å². The number of anilines is 2. The lowest BCUT2D eigenvalue weighted by Crippen LogP contribution is -2.55. The van der Waals surface area contributed by atoms with Gasteiger partial charge in [0.2, 0.25) is 0 Å². The molecule has 1 aliphatic rings. The number of para-hydroxylation sites is 2. The highest BCUT2D eigenvalue weighted by atomic mass is 16.2. The van der Waals surface area contributed by atoms with E-state index in [1.807, 2.05) is 38.1 Å². The van der Waals surface area contributed by atoms with E-state index in [1.165, 1.54) is 0 Å². The van der Waals surface area contributed by atoms with Crippen molar-refractivity contribution < 1.29 is 9.59 Å². The summed E-state index contributed by atoms with van der Waals surface area (Å²) in [7, 11) is 0. The van der Waals surface area contributed by atoms with Crippen molar-refractivity contribution in [2.75, 3.05) is 16.3 Å². The average Bonchev–Trinajstić information content (AvgIpc) is 2.86. The van der Waals surface area contributed by atoms with Gasteiger partial charge in [-0.15, -0.1) is 0 Å². The van der Waals surface area contributed by atoms with Crippen molar-refractivity contribution in [3.8, 4) is 12.1 Å². The number of hydrogen-bond acceptors (Lipinski definition) is 4. The Kier molecular flexibility index (Phi) is 5.93. The van der Waals surface area contributed by atoms with E-state index >= 15 is 0 Å². The Morgan fingerprint density at radius 2 is 1.36 bits per heavy atom. The minimum absolute atomic E-state index is 0.0576. The molecule has 0 radical (unpaired) electrons. The number of nitriles is 2. The molecule has 6 heteroatoms. The fourth-order valence-electron chi connectivity index (χ4n) is 4.14. The molecule has 1 heterocycles. The van der Waals surface area contributed by atoms with Crippen molar-refractivity contribution in [3.63, 3.8) is 0 Å². The van der Waals surface area contributed by atoms with Crippen molar-refractivity contribution >= 4 is 23.2 Å². The first-order valence-corrected chi connectivity index (χ1v) is 10.7. The Morgan fingerprint density at radius 3 is 1.91 bits per heavy atom. The topological polar surface area (TPSA) is 88.2 Å². The monoisotopic (exact) mass is 434 g/mol. The first-order chi connectivity index (χ1) is 15.9. The molecule has 3 aromatic carbocycles. The standard InChI is InChI=1S/C27H22N4O2/c1-18(2)25-17-30(26(32)21-9-5-7-19(13-21)15-28)23-11-3-4-12-24(23)31(25)27(33)22-10-6-8-20(14-22)16-29/h3-14,18,25H,17H2,1-2H3/t25-/m0/s1. The van der Waals surface area contributed by atoms with Crippen molar-refractivity contribution in [2.24, 2.45) is 5.92 Å². The van der Waals surface area contributed by atoms with Gasteiger partial charge in [0.25, 0.3) is 11.8 Å². The summed E-state index contributed by atoms with van der Waals surface area (Å²) in [6, 6.07) is 24.5. The number of carbonyl (C=O) groups is 2. The highest BCUT2D eigenvalue weighted by Gasteiger charge is 2.39. The molecule has 0 aromatic heterocycles. The zero-order chi connectivity index (χ0) is 23.5. The molecule has 162 valence electrons. The van der Waals surface area contributed by atoms with E-state index in [2.05, 4.69) is 12.1 Å². The van der Waals surface area contributed by atoms with Crippen molar-refractivity contribution in [1.29, 1.82) is 10.5 Å². The van der Waals surface area contributed by atoms with E-state index in [-0.39, 0.29) is 23.8 Å². The quantitative estimate of drug-likeness (QED) is 0.594. The molecular weight excluding hydrogens is 412 g/mol. The van der Waals surface area contributed by atoms with Gasteiger partial charge in [0.15, 0.2) is 0 Å². The molecule has 6 nitrogen and oxygen atoms in total. The third kappa shape index (κ3) is 4.07. The van der Waals surface area contributed by atoms with Gasteiger partial charge in [0.05, 0.1) is 40.7 Å². The van der Waals surface area contributed by atoms with Crippen LogP contribution in [0.5, 0.6) is 0 Å². The number of amides is 2. The smallest absolute Gasteiger partial charge is 0.258 e. The summed E-state index contributed by atoms with van der Waals surface area (Å²) in [5, 5.41) is 18.5. The van der Waals surface area contributed by atoms with E-state index in [9.17, 15) is 20.1 Å². The van der Waals surface area contributed by atoms with E-state index < -0.39 is 0 Å². The Morgan fingerprint density at radius 1 is 0.818 bits per heavy atom. The maximum absolute atomic E-state index is 13.7. The minimum atomic E-state index is -0.277. The van der Waals surface area contributed by atoms with Gasteiger partial charge >= 0.3 is 0 Å². The lowest BCUT2D eigenvalue weighted by Gasteiger charge is -2.44. The summed E-state index contributed by atoms with van der Waals surface area (Å²) < 4.78 is 0. The molecule has 0 spiro atoms. The summed E-state index contributed by atoms with van der Waals surface area (Å²) >= 11 is 0. The van der Waals surface area contributed by atoms with Gasteiger partial charge in [0, 0.05) is 17.7 Å². The van der Waals surface area contributed by atoms with Crippen molar-refractivity contribution in [3.05, 3.63) is 95.1 Å². The maximum Gasteiger partial charge on any atom is 0.258 e. The summed E-state index contributed by atoms with van der Waals surface area (Å²) in [4.78, 5) is 30.6. The molecule has 2 amide bonds. The second-order valence-corrected chi connectivity index (χ2v) is 8.28. The third-order valence-electron chi connectivity index (χ3n) is 5.84. The molecule has 0 N–H and O–H groups in total. The summed E-state index contributed by atoms with van der Waals surface area (Å²) in [6.45, 7) is 4.35. The predicted octanol–water partition coefficient (Wildman–Crippen LogP) is 4.76. The first-order valence-electron chi connectivity index (χ1n) is 10.7. The minimum Gasteiger partial charge on any atom is -0.304 e. The van der Waals surface area contributed by atoms with Crippen LogP contribution in [0.15, 0.2) is 72.8 Å². The summed E-state index contributed by atoms with van der Waals surface area (Å²) in [5.41, 5.74) is 2.96. The van der Waals surface area contributed by atoms with Gasteiger partial charge in [-0.2, -0.15) is 10.5 Å². The van der Waals surface area contributed by atoms with Crippen LogP contribution in [0.2, 0.25) is 0 Å². The zero-order valence-corrected chi connectivity index (χ0v) is 18.4. The van der Waals surface area contributed by atoms with Gasteiger partial charge in [-0.25, -0.2) is 0 Å².